The Morgan fingerprint density at radius 2 is 1.89 bits per heavy atom. The van der Waals surface area contributed by atoms with E-state index in [2.05, 4.69) is 27.4 Å². The van der Waals surface area contributed by atoms with Crippen molar-refractivity contribution < 1.29 is 13.2 Å². The highest BCUT2D eigenvalue weighted by Gasteiger charge is 2.42. The first kappa shape index (κ1) is 22.4. The molecule has 27 heavy (non-hydrogen) atoms. The number of guanidine groups is 1. The Morgan fingerprint density at radius 3 is 2.48 bits per heavy atom. The Labute approximate surface area is 165 Å². The standard InChI is InChI=1S/C19H38N4O3S/c1-4-20-18(21-10-5-11-23-12-6-17(2)7-13-23)22-16-19(27(3,24)25)8-14-26-15-9-19/h17H,4-16H2,1-3H3,(H2,20,21,22). The lowest BCUT2D eigenvalue weighted by Crippen LogP contribution is -2.47. The third-order valence-electron chi connectivity index (χ3n) is 5.88. The van der Waals surface area contributed by atoms with E-state index >= 15 is 0 Å². The second kappa shape index (κ2) is 10.6. The zero-order chi connectivity index (χ0) is 19.8. The molecule has 0 aromatic carbocycles. The van der Waals surface area contributed by atoms with Gasteiger partial charge >= 0.3 is 0 Å². The molecule has 2 saturated heterocycles. The van der Waals surface area contributed by atoms with Gasteiger partial charge in [0.15, 0.2) is 15.8 Å². The van der Waals surface area contributed by atoms with Gasteiger partial charge in [-0.1, -0.05) is 6.92 Å². The fourth-order valence-corrected chi connectivity index (χ4v) is 4.96. The van der Waals surface area contributed by atoms with Gasteiger partial charge in [0.05, 0.1) is 11.3 Å². The van der Waals surface area contributed by atoms with Gasteiger partial charge in [0.2, 0.25) is 0 Å². The molecule has 0 unspecified atom stereocenters. The van der Waals surface area contributed by atoms with E-state index in [9.17, 15) is 8.42 Å². The Balaban J connectivity index is 1.84. The quantitative estimate of drug-likeness (QED) is 0.361. The van der Waals surface area contributed by atoms with Crippen LogP contribution >= 0.6 is 0 Å². The Bertz CT molecular complexity index is 566. The molecule has 2 heterocycles. The molecular formula is C19H38N4O3S. The van der Waals surface area contributed by atoms with E-state index in [1.807, 2.05) is 6.92 Å². The zero-order valence-electron chi connectivity index (χ0n) is 17.3. The van der Waals surface area contributed by atoms with E-state index < -0.39 is 14.6 Å². The minimum atomic E-state index is -3.19. The number of hydrogen-bond donors (Lipinski definition) is 2. The molecule has 158 valence electrons. The summed E-state index contributed by atoms with van der Waals surface area (Å²) >= 11 is 0. The number of hydrogen-bond acceptors (Lipinski definition) is 5. The molecule has 0 atom stereocenters. The van der Waals surface area contributed by atoms with Crippen molar-refractivity contribution in [2.24, 2.45) is 10.9 Å². The Hall–Kier alpha value is -0.860. The van der Waals surface area contributed by atoms with Gasteiger partial charge in [-0.2, -0.15) is 0 Å². The maximum Gasteiger partial charge on any atom is 0.191 e. The first-order valence-electron chi connectivity index (χ1n) is 10.4. The predicted octanol–water partition coefficient (Wildman–Crippen LogP) is 1.26. The molecule has 2 aliphatic heterocycles. The summed E-state index contributed by atoms with van der Waals surface area (Å²) in [6.45, 7) is 10.7. The van der Waals surface area contributed by atoms with Crippen LogP contribution in [0.25, 0.3) is 0 Å². The third-order valence-corrected chi connectivity index (χ3v) is 7.99. The highest BCUT2D eigenvalue weighted by molar-refractivity contribution is 7.92. The molecule has 0 saturated carbocycles. The van der Waals surface area contributed by atoms with Crippen LogP contribution in [-0.2, 0) is 14.6 Å². The van der Waals surface area contributed by atoms with Crippen LogP contribution in [0.1, 0.15) is 46.0 Å². The lowest BCUT2D eigenvalue weighted by Gasteiger charge is -2.34. The smallest absolute Gasteiger partial charge is 0.191 e. The molecule has 0 aliphatic carbocycles. The van der Waals surface area contributed by atoms with Crippen molar-refractivity contribution in [3.63, 3.8) is 0 Å². The average Bonchev–Trinajstić information content (AvgIpc) is 2.64. The number of piperidine rings is 1. The summed E-state index contributed by atoms with van der Waals surface area (Å²) in [7, 11) is -3.19. The van der Waals surface area contributed by atoms with Crippen molar-refractivity contribution in [2.45, 2.75) is 50.7 Å². The van der Waals surface area contributed by atoms with E-state index in [1.165, 1.54) is 32.2 Å². The van der Waals surface area contributed by atoms with Crippen molar-refractivity contribution in [1.29, 1.82) is 0 Å². The zero-order valence-corrected chi connectivity index (χ0v) is 18.1. The molecule has 8 heteroatoms. The molecular weight excluding hydrogens is 364 g/mol. The summed E-state index contributed by atoms with van der Waals surface area (Å²) < 4.78 is 29.3. The number of nitrogens with zero attached hydrogens (tertiary/aromatic N) is 2. The predicted molar refractivity (Wildman–Crippen MR) is 111 cm³/mol. The molecule has 7 nitrogen and oxygen atoms in total. The van der Waals surface area contributed by atoms with Crippen molar-refractivity contribution in [1.82, 2.24) is 15.5 Å². The van der Waals surface area contributed by atoms with Crippen LogP contribution in [0.2, 0.25) is 0 Å². The molecule has 0 aromatic rings. The van der Waals surface area contributed by atoms with Crippen LogP contribution in [0.5, 0.6) is 0 Å². The van der Waals surface area contributed by atoms with E-state index in [-0.39, 0.29) is 6.54 Å². The summed E-state index contributed by atoms with van der Waals surface area (Å²) in [5.41, 5.74) is 0. The number of ether oxygens (including phenoxy) is 1. The molecule has 0 bridgehead atoms. The molecule has 2 rings (SSSR count). The second-order valence-corrected chi connectivity index (χ2v) is 10.5. The van der Waals surface area contributed by atoms with E-state index in [1.54, 1.807) is 0 Å². The van der Waals surface area contributed by atoms with Crippen molar-refractivity contribution in [3.05, 3.63) is 0 Å². The molecule has 0 spiro atoms. The monoisotopic (exact) mass is 402 g/mol. The van der Waals surface area contributed by atoms with Crippen molar-refractivity contribution >= 4 is 15.8 Å². The number of likely N-dealkylation sites (tertiary alicyclic amines) is 1. The van der Waals surface area contributed by atoms with E-state index in [0.29, 0.717) is 32.0 Å². The third kappa shape index (κ3) is 6.91. The minimum absolute atomic E-state index is 0.286. The van der Waals surface area contributed by atoms with Crippen LogP contribution in [0.4, 0.5) is 0 Å². The van der Waals surface area contributed by atoms with Gasteiger partial charge in [0, 0.05) is 32.6 Å². The van der Waals surface area contributed by atoms with Crippen molar-refractivity contribution in [2.75, 3.05) is 58.7 Å². The summed E-state index contributed by atoms with van der Waals surface area (Å²) in [5, 5.41) is 6.60. The van der Waals surface area contributed by atoms with Crippen LogP contribution in [0.3, 0.4) is 0 Å². The average molecular weight is 403 g/mol. The van der Waals surface area contributed by atoms with Gasteiger partial charge in [-0.3, -0.25) is 4.99 Å². The fraction of sp³-hybridized carbons (Fsp3) is 0.947. The van der Waals surface area contributed by atoms with Gasteiger partial charge in [0.1, 0.15) is 0 Å². The summed E-state index contributed by atoms with van der Waals surface area (Å²) in [6, 6.07) is 0. The largest absolute Gasteiger partial charge is 0.381 e. The maximum atomic E-state index is 12.4. The van der Waals surface area contributed by atoms with Crippen LogP contribution in [0, 0.1) is 5.92 Å². The van der Waals surface area contributed by atoms with Gasteiger partial charge in [-0.25, -0.2) is 8.42 Å². The SMILES string of the molecule is CCNC(=NCC1(S(C)(=O)=O)CCOCC1)NCCCN1CCC(C)CC1. The molecule has 2 aliphatic rings. The minimum Gasteiger partial charge on any atom is -0.381 e. The van der Waals surface area contributed by atoms with Gasteiger partial charge in [0.25, 0.3) is 0 Å². The van der Waals surface area contributed by atoms with Gasteiger partial charge in [-0.15, -0.1) is 0 Å². The van der Waals surface area contributed by atoms with E-state index in [0.717, 1.165) is 32.0 Å². The van der Waals surface area contributed by atoms with Gasteiger partial charge < -0.3 is 20.3 Å². The summed E-state index contributed by atoms with van der Waals surface area (Å²) in [4.78, 5) is 7.15. The fourth-order valence-electron chi connectivity index (χ4n) is 3.75. The Kier molecular flexibility index (Phi) is 8.82. The lowest BCUT2D eigenvalue weighted by molar-refractivity contribution is 0.0768. The summed E-state index contributed by atoms with van der Waals surface area (Å²) in [6.07, 6.45) is 6.02. The first-order valence-corrected chi connectivity index (χ1v) is 12.3. The maximum absolute atomic E-state index is 12.4. The molecule has 2 fully saturated rings. The van der Waals surface area contributed by atoms with Crippen LogP contribution < -0.4 is 10.6 Å². The highest BCUT2D eigenvalue weighted by atomic mass is 32.2. The Morgan fingerprint density at radius 1 is 1.22 bits per heavy atom. The number of aliphatic imine (C=N–C) groups is 1. The molecule has 2 N–H and O–H groups in total. The number of rotatable bonds is 8. The van der Waals surface area contributed by atoms with Crippen molar-refractivity contribution in [3.8, 4) is 0 Å². The second-order valence-electron chi connectivity index (χ2n) is 8.07. The molecule has 0 amide bonds. The molecule has 0 radical (unpaired) electrons. The highest BCUT2D eigenvalue weighted by Crippen LogP contribution is 2.29. The first-order chi connectivity index (χ1) is 12.9. The summed E-state index contributed by atoms with van der Waals surface area (Å²) in [5.74, 6) is 1.57. The van der Waals surface area contributed by atoms with E-state index in [4.69, 9.17) is 4.74 Å². The van der Waals surface area contributed by atoms with Gasteiger partial charge in [-0.05, 0) is 64.6 Å². The number of sulfone groups is 1. The van der Waals surface area contributed by atoms with Crippen LogP contribution in [-0.4, -0.2) is 82.8 Å². The van der Waals surface area contributed by atoms with Crippen LogP contribution in [0.15, 0.2) is 4.99 Å². The molecule has 0 aromatic heterocycles. The number of nitrogens with one attached hydrogen (secondary N) is 2. The lowest BCUT2D eigenvalue weighted by atomic mass is 9.99. The normalized spacial score (nSPS) is 22.6. The topological polar surface area (TPSA) is 83.0 Å².